The zero-order valence-electron chi connectivity index (χ0n) is 9.87. The van der Waals surface area contributed by atoms with Crippen LogP contribution in [0.4, 0.5) is 4.79 Å². The lowest BCUT2D eigenvalue weighted by Gasteiger charge is -2.31. The minimum atomic E-state index is -0.329. The molecule has 0 aliphatic carbocycles. The molecule has 0 aliphatic heterocycles. The first-order valence-corrected chi connectivity index (χ1v) is 4.73. The predicted octanol–water partition coefficient (Wildman–Crippen LogP) is 1.21. The summed E-state index contributed by atoms with van der Waals surface area (Å²) in [4.78, 5) is 25.9. The fourth-order valence-corrected chi connectivity index (χ4v) is 1.62. The summed E-state index contributed by atoms with van der Waals surface area (Å²) >= 11 is 0. The average molecular weight is 200 g/mol. The number of carbonyl (C=O) groups excluding carboxylic acids is 2. The minimum Gasteiger partial charge on any atom is -0.331 e. The van der Waals surface area contributed by atoms with Gasteiger partial charge < -0.3 is 9.80 Å². The maximum atomic E-state index is 11.6. The summed E-state index contributed by atoms with van der Waals surface area (Å²) in [6.45, 7) is 5.39. The largest absolute Gasteiger partial charge is 0.331 e. The third-order valence-corrected chi connectivity index (χ3v) is 2.15. The smallest absolute Gasteiger partial charge is 0.319 e. The summed E-state index contributed by atoms with van der Waals surface area (Å²) in [7, 11) is 5.01. The van der Waals surface area contributed by atoms with Crippen molar-refractivity contribution in [3.63, 3.8) is 0 Å². The molecule has 0 heterocycles. The van der Waals surface area contributed by atoms with Crippen molar-refractivity contribution < 1.29 is 9.59 Å². The van der Waals surface area contributed by atoms with Gasteiger partial charge in [0, 0.05) is 21.1 Å². The monoisotopic (exact) mass is 200 g/mol. The topological polar surface area (TPSA) is 40.6 Å². The third kappa shape index (κ3) is 3.01. The van der Waals surface area contributed by atoms with E-state index < -0.39 is 0 Å². The summed E-state index contributed by atoms with van der Waals surface area (Å²) in [5, 5.41) is 0. The normalized spacial score (nSPS) is 12.5. The van der Waals surface area contributed by atoms with Gasteiger partial charge in [-0.3, -0.25) is 4.79 Å². The molecule has 0 rings (SSSR count). The summed E-state index contributed by atoms with van der Waals surface area (Å²) in [5.74, 6) is 0.166. The summed E-state index contributed by atoms with van der Waals surface area (Å²) in [6.07, 6.45) is 0. The van der Waals surface area contributed by atoms with Crippen LogP contribution in [0.2, 0.25) is 0 Å². The van der Waals surface area contributed by atoms with Crippen LogP contribution in [0.25, 0.3) is 0 Å². The van der Waals surface area contributed by atoms with Crippen molar-refractivity contribution in [2.24, 2.45) is 5.92 Å². The molecule has 0 N–H and O–H groups in total. The molecule has 0 aliphatic rings. The molecular weight excluding hydrogens is 180 g/mol. The number of amides is 2. The average Bonchev–Trinajstić information content (AvgIpc) is 2.01. The van der Waals surface area contributed by atoms with E-state index in [1.54, 1.807) is 21.1 Å². The van der Waals surface area contributed by atoms with Crippen molar-refractivity contribution in [2.75, 3.05) is 21.1 Å². The molecule has 14 heavy (non-hydrogen) atoms. The van der Waals surface area contributed by atoms with Gasteiger partial charge in [-0.25, -0.2) is 4.79 Å². The molecule has 1 atom stereocenters. The Kier molecular flexibility index (Phi) is 4.60. The van der Waals surface area contributed by atoms with E-state index in [1.165, 1.54) is 16.7 Å². The molecule has 0 fully saturated rings. The summed E-state index contributed by atoms with van der Waals surface area (Å²) in [6, 6.07) is -0.469. The van der Waals surface area contributed by atoms with Crippen LogP contribution in [0.1, 0.15) is 20.8 Å². The van der Waals surface area contributed by atoms with Crippen molar-refractivity contribution in [3.8, 4) is 0 Å². The van der Waals surface area contributed by atoms with E-state index in [1.807, 2.05) is 13.8 Å². The van der Waals surface area contributed by atoms with Crippen molar-refractivity contribution in [3.05, 3.63) is 0 Å². The SMILES string of the molecule is CC(=O)[C@H](C(C)C)N(C)C(=O)N(C)C. The molecule has 0 unspecified atom stereocenters. The highest BCUT2D eigenvalue weighted by atomic mass is 16.2. The maximum absolute atomic E-state index is 11.6. The highest BCUT2D eigenvalue weighted by molar-refractivity contribution is 5.86. The van der Waals surface area contributed by atoms with Gasteiger partial charge in [-0.2, -0.15) is 0 Å². The summed E-state index contributed by atoms with van der Waals surface area (Å²) < 4.78 is 0. The van der Waals surface area contributed by atoms with Gasteiger partial charge in [0.25, 0.3) is 0 Å². The highest BCUT2D eigenvalue weighted by Crippen LogP contribution is 2.11. The fraction of sp³-hybridized carbons (Fsp3) is 0.800. The van der Waals surface area contributed by atoms with Gasteiger partial charge in [0.05, 0.1) is 6.04 Å². The van der Waals surface area contributed by atoms with Crippen molar-refractivity contribution in [2.45, 2.75) is 26.8 Å². The Balaban J connectivity index is 4.68. The number of hydrogen-bond donors (Lipinski definition) is 0. The second kappa shape index (κ2) is 4.98. The maximum Gasteiger partial charge on any atom is 0.319 e. The number of carbonyl (C=O) groups is 2. The van der Waals surface area contributed by atoms with Crippen LogP contribution in [-0.4, -0.2) is 48.8 Å². The lowest BCUT2D eigenvalue weighted by Crippen LogP contribution is -2.48. The van der Waals surface area contributed by atoms with E-state index >= 15 is 0 Å². The molecule has 0 aromatic carbocycles. The van der Waals surface area contributed by atoms with E-state index in [2.05, 4.69) is 0 Å². The number of Topliss-reactive ketones (excluding diaryl/α,β-unsaturated/α-hetero) is 1. The number of hydrogen-bond acceptors (Lipinski definition) is 2. The highest BCUT2D eigenvalue weighted by Gasteiger charge is 2.27. The van der Waals surface area contributed by atoms with Gasteiger partial charge in [0.15, 0.2) is 5.78 Å². The Bertz CT molecular complexity index is 224. The first kappa shape index (κ1) is 12.9. The lowest BCUT2D eigenvalue weighted by molar-refractivity contribution is -0.122. The van der Waals surface area contributed by atoms with E-state index in [0.29, 0.717) is 0 Å². The van der Waals surface area contributed by atoms with Crippen LogP contribution in [-0.2, 0) is 4.79 Å². The lowest BCUT2D eigenvalue weighted by atomic mass is 10.00. The van der Waals surface area contributed by atoms with Crippen LogP contribution in [0.15, 0.2) is 0 Å². The standard InChI is InChI=1S/C10H20N2O2/c1-7(2)9(8(3)13)12(6)10(14)11(4)5/h7,9H,1-6H3/t9-/m0/s1. The van der Waals surface area contributed by atoms with Crippen molar-refractivity contribution in [1.29, 1.82) is 0 Å². The number of rotatable bonds is 3. The molecule has 2 amide bonds. The molecule has 0 aromatic heterocycles. The van der Waals surface area contributed by atoms with E-state index in [0.717, 1.165) is 0 Å². The minimum absolute atomic E-state index is 0.0256. The molecule has 0 spiro atoms. The molecule has 0 radical (unpaired) electrons. The van der Waals surface area contributed by atoms with Crippen LogP contribution < -0.4 is 0 Å². The van der Waals surface area contributed by atoms with Gasteiger partial charge in [-0.05, 0) is 12.8 Å². The Morgan fingerprint density at radius 1 is 1.07 bits per heavy atom. The Labute approximate surface area is 85.9 Å². The van der Waals surface area contributed by atoms with Gasteiger partial charge in [-0.15, -0.1) is 0 Å². The van der Waals surface area contributed by atoms with Gasteiger partial charge in [-0.1, -0.05) is 13.8 Å². The third-order valence-electron chi connectivity index (χ3n) is 2.15. The Hall–Kier alpha value is -1.06. The fourth-order valence-electron chi connectivity index (χ4n) is 1.62. The number of likely N-dealkylation sites (N-methyl/N-ethyl adjacent to an activating group) is 1. The van der Waals surface area contributed by atoms with Crippen LogP contribution in [0.5, 0.6) is 0 Å². The molecular formula is C10H20N2O2. The first-order valence-electron chi connectivity index (χ1n) is 4.73. The number of ketones is 1. The van der Waals surface area contributed by atoms with Crippen molar-refractivity contribution >= 4 is 11.8 Å². The molecule has 4 heteroatoms. The van der Waals surface area contributed by atoms with Gasteiger partial charge >= 0.3 is 6.03 Å². The molecule has 0 bridgehead atoms. The van der Waals surface area contributed by atoms with E-state index in [9.17, 15) is 9.59 Å². The molecule has 0 saturated heterocycles. The second-order valence-electron chi connectivity index (χ2n) is 4.09. The second-order valence-corrected chi connectivity index (χ2v) is 4.09. The number of urea groups is 1. The first-order chi connectivity index (χ1) is 6.29. The van der Waals surface area contributed by atoms with Gasteiger partial charge in [0.2, 0.25) is 0 Å². The van der Waals surface area contributed by atoms with Crippen molar-refractivity contribution in [1.82, 2.24) is 9.80 Å². The molecule has 0 saturated carbocycles. The van der Waals surface area contributed by atoms with Crippen LogP contribution in [0.3, 0.4) is 0 Å². The predicted molar refractivity (Wildman–Crippen MR) is 56.2 cm³/mol. The Morgan fingerprint density at radius 2 is 1.50 bits per heavy atom. The quantitative estimate of drug-likeness (QED) is 0.687. The van der Waals surface area contributed by atoms with Gasteiger partial charge in [0.1, 0.15) is 0 Å². The zero-order valence-corrected chi connectivity index (χ0v) is 9.87. The molecule has 0 aromatic rings. The van der Waals surface area contributed by atoms with Crippen LogP contribution in [0, 0.1) is 5.92 Å². The molecule has 82 valence electrons. The number of nitrogens with zero attached hydrogens (tertiary/aromatic N) is 2. The summed E-state index contributed by atoms with van der Waals surface area (Å²) in [5.41, 5.74) is 0. The van der Waals surface area contributed by atoms with E-state index in [4.69, 9.17) is 0 Å². The van der Waals surface area contributed by atoms with E-state index in [-0.39, 0.29) is 23.8 Å². The zero-order chi connectivity index (χ0) is 11.5. The molecule has 4 nitrogen and oxygen atoms in total. The van der Waals surface area contributed by atoms with Crippen LogP contribution >= 0.6 is 0 Å². The Morgan fingerprint density at radius 3 is 1.71 bits per heavy atom.